The van der Waals surface area contributed by atoms with Crippen LogP contribution in [0, 0.1) is 11.3 Å². The number of carbonyl (C=O) groups is 1. The normalized spacial score (nSPS) is 11.7. The van der Waals surface area contributed by atoms with Crippen molar-refractivity contribution in [2.45, 2.75) is 17.4 Å². The van der Waals surface area contributed by atoms with Crippen LogP contribution in [0.15, 0.2) is 56.7 Å². The van der Waals surface area contributed by atoms with E-state index in [1.165, 1.54) is 6.26 Å². The number of furan rings is 1. The molecule has 0 fully saturated rings. The van der Waals surface area contributed by atoms with E-state index in [2.05, 4.69) is 15.5 Å². The second-order valence-electron chi connectivity index (χ2n) is 4.79. The number of benzene rings is 1. The van der Waals surface area contributed by atoms with Gasteiger partial charge in [0.05, 0.1) is 23.1 Å². The van der Waals surface area contributed by atoms with Crippen molar-refractivity contribution < 1.29 is 13.6 Å². The Morgan fingerprint density at radius 2 is 2.08 bits per heavy atom. The lowest BCUT2D eigenvalue weighted by Crippen LogP contribution is -2.22. The van der Waals surface area contributed by atoms with Gasteiger partial charge in [-0.2, -0.15) is 5.26 Å². The molecule has 1 aromatic carbocycles. The lowest BCUT2D eigenvalue weighted by atomic mass is 10.2. The molecule has 0 aliphatic carbocycles. The Morgan fingerprint density at radius 1 is 1.29 bits per heavy atom. The molecule has 3 aromatic rings. The highest BCUT2D eigenvalue weighted by Gasteiger charge is 2.19. The first kappa shape index (κ1) is 15.8. The molecule has 2 heterocycles. The van der Waals surface area contributed by atoms with Crippen molar-refractivity contribution in [3.63, 3.8) is 0 Å². The molecule has 0 aliphatic rings. The van der Waals surface area contributed by atoms with Gasteiger partial charge in [0.1, 0.15) is 0 Å². The van der Waals surface area contributed by atoms with Gasteiger partial charge >= 0.3 is 0 Å². The molecule has 0 saturated heterocycles. The summed E-state index contributed by atoms with van der Waals surface area (Å²) in [6, 6.07) is 12.1. The van der Waals surface area contributed by atoms with Crippen LogP contribution in [0.25, 0.3) is 11.7 Å². The Kier molecular flexibility index (Phi) is 4.63. The lowest BCUT2D eigenvalue weighted by Gasteiger charge is -2.09. The molecule has 7 nitrogen and oxygen atoms in total. The minimum Gasteiger partial charge on any atom is -0.459 e. The van der Waals surface area contributed by atoms with E-state index in [0.717, 1.165) is 11.8 Å². The van der Waals surface area contributed by atoms with Crippen LogP contribution >= 0.6 is 11.8 Å². The molecule has 0 bridgehead atoms. The number of hydrogen-bond donors (Lipinski definition) is 1. The van der Waals surface area contributed by atoms with Gasteiger partial charge in [-0.05, 0) is 43.3 Å². The predicted octanol–water partition coefficient (Wildman–Crippen LogP) is 3.32. The summed E-state index contributed by atoms with van der Waals surface area (Å²) in [4.78, 5) is 12.2. The minimum atomic E-state index is -0.439. The molecular weight excluding hydrogens is 328 g/mol. The zero-order chi connectivity index (χ0) is 16.9. The van der Waals surface area contributed by atoms with Gasteiger partial charge in [-0.1, -0.05) is 11.8 Å². The minimum absolute atomic E-state index is 0.206. The monoisotopic (exact) mass is 340 g/mol. The van der Waals surface area contributed by atoms with Gasteiger partial charge in [0, 0.05) is 5.69 Å². The molecule has 8 heteroatoms. The molecule has 0 radical (unpaired) electrons. The van der Waals surface area contributed by atoms with E-state index >= 15 is 0 Å². The van der Waals surface area contributed by atoms with Gasteiger partial charge in [0.15, 0.2) is 5.76 Å². The second-order valence-corrected chi connectivity index (χ2v) is 6.08. The van der Waals surface area contributed by atoms with Gasteiger partial charge in [0.25, 0.3) is 11.1 Å². The van der Waals surface area contributed by atoms with Crippen LogP contribution in [0.1, 0.15) is 12.5 Å². The molecule has 1 unspecified atom stereocenters. The smallest absolute Gasteiger partial charge is 0.284 e. The van der Waals surface area contributed by atoms with Crippen LogP contribution in [-0.2, 0) is 4.79 Å². The number of rotatable bonds is 5. The summed E-state index contributed by atoms with van der Waals surface area (Å²) in [6.07, 6.45) is 1.51. The van der Waals surface area contributed by atoms with Crippen LogP contribution in [0.2, 0.25) is 0 Å². The van der Waals surface area contributed by atoms with Crippen molar-refractivity contribution in [3.8, 4) is 17.7 Å². The fourth-order valence-electron chi connectivity index (χ4n) is 1.83. The van der Waals surface area contributed by atoms with Crippen LogP contribution in [0.5, 0.6) is 0 Å². The van der Waals surface area contributed by atoms with Gasteiger partial charge in [-0.3, -0.25) is 4.79 Å². The van der Waals surface area contributed by atoms with Gasteiger partial charge in [-0.25, -0.2) is 0 Å². The van der Waals surface area contributed by atoms with Gasteiger partial charge in [0.2, 0.25) is 5.91 Å². The van der Waals surface area contributed by atoms with Crippen molar-refractivity contribution in [1.29, 1.82) is 5.26 Å². The van der Waals surface area contributed by atoms with Crippen molar-refractivity contribution in [3.05, 3.63) is 48.2 Å². The first-order valence-corrected chi connectivity index (χ1v) is 7.89. The summed E-state index contributed by atoms with van der Waals surface area (Å²) in [5, 5.41) is 19.1. The zero-order valence-corrected chi connectivity index (χ0v) is 13.4. The van der Waals surface area contributed by atoms with E-state index < -0.39 is 5.25 Å². The summed E-state index contributed by atoms with van der Waals surface area (Å²) in [7, 11) is 0. The maximum atomic E-state index is 12.2. The third-order valence-electron chi connectivity index (χ3n) is 3.07. The fourth-order valence-corrected chi connectivity index (χ4v) is 2.52. The molecule has 1 N–H and O–H groups in total. The lowest BCUT2D eigenvalue weighted by molar-refractivity contribution is -0.115. The van der Waals surface area contributed by atoms with E-state index in [9.17, 15) is 4.79 Å². The van der Waals surface area contributed by atoms with Gasteiger partial charge in [-0.15, -0.1) is 10.2 Å². The van der Waals surface area contributed by atoms with E-state index in [-0.39, 0.29) is 17.0 Å². The van der Waals surface area contributed by atoms with E-state index in [4.69, 9.17) is 14.1 Å². The quantitative estimate of drug-likeness (QED) is 0.710. The Balaban J connectivity index is 1.60. The standard InChI is InChI=1S/C16H12N4O3S/c1-10(14(21)18-12-6-4-11(9-17)5-7-12)24-16-20-19-15(23-16)13-3-2-8-22-13/h2-8,10H,1H3,(H,18,21). The topological polar surface area (TPSA) is 105 Å². The Bertz CT molecular complexity index is 866. The zero-order valence-electron chi connectivity index (χ0n) is 12.6. The average Bonchev–Trinajstić information content (AvgIpc) is 3.26. The molecule has 2 aromatic heterocycles. The fraction of sp³-hybridized carbons (Fsp3) is 0.125. The number of anilines is 1. The molecular formula is C16H12N4O3S. The third-order valence-corrected chi connectivity index (χ3v) is 4.00. The molecule has 1 atom stereocenters. The average molecular weight is 340 g/mol. The number of amides is 1. The predicted molar refractivity (Wildman–Crippen MR) is 87.1 cm³/mol. The summed E-state index contributed by atoms with van der Waals surface area (Å²) < 4.78 is 10.6. The van der Waals surface area contributed by atoms with E-state index in [0.29, 0.717) is 17.0 Å². The number of carbonyl (C=O) groups excluding carboxylic acids is 1. The van der Waals surface area contributed by atoms with E-state index in [1.807, 2.05) is 6.07 Å². The van der Waals surface area contributed by atoms with Crippen LogP contribution in [0.3, 0.4) is 0 Å². The number of nitrogens with zero attached hydrogens (tertiary/aromatic N) is 3. The summed E-state index contributed by atoms with van der Waals surface area (Å²) in [6.45, 7) is 1.74. The summed E-state index contributed by atoms with van der Waals surface area (Å²) >= 11 is 1.15. The molecule has 0 saturated carbocycles. The second kappa shape index (κ2) is 7.02. The number of nitriles is 1. The van der Waals surface area contributed by atoms with Crippen molar-refractivity contribution in [2.24, 2.45) is 0 Å². The van der Waals surface area contributed by atoms with Gasteiger partial charge < -0.3 is 14.2 Å². The number of hydrogen-bond acceptors (Lipinski definition) is 7. The SMILES string of the molecule is CC(Sc1nnc(-c2ccco2)o1)C(=O)Nc1ccc(C#N)cc1. The van der Waals surface area contributed by atoms with E-state index in [1.54, 1.807) is 43.3 Å². The maximum absolute atomic E-state index is 12.2. The first-order valence-electron chi connectivity index (χ1n) is 7.01. The molecule has 3 rings (SSSR count). The van der Waals surface area contributed by atoms with Crippen LogP contribution in [0.4, 0.5) is 5.69 Å². The Labute approximate surface area is 141 Å². The van der Waals surface area contributed by atoms with Crippen molar-refractivity contribution in [2.75, 3.05) is 5.32 Å². The number of thioether (sulfide) groups is 1. The van der Waals surface area contributed by atoms with Crippen LogP contribution in [-0.4, -0.2) is 21.4 Å². The maximum Gasteiger partial charge on any atom is 0.284 e. The highest BCUT2D eigenvalue weighted by atomic mass is 32.2. The molecule has 0 spiro atoms. The highest BCUT2D eigenvalue weighted by molar-refractivity contribution is 8.00. The molecule has 24 heavy (non-hydrogen) atoms. The van der Waals surface area contributed by atoms with Crippen molar-refractivity contribution >= 4 is 23.4 Å². The summed E-state index contributed by atoms with van der Waals surface area (Å²) in [5.41, 5.74) is 1.15. The largest absolute Gasteiger partial charge is 0.459 e. The molecule has 120 valence electrons. The Hall–Kier alpha value is -3.05. The number of aromatic nitrogens is 2. The Morgan fingerprint density at radius 3 is 2.75 bits per heavy atom. The number of nitrogens with one attached hydrogen (secondary N) is 1. The third kappa shape index (κ3) is 3.64. The first-order chi connectivity index (χ1) is 11.7. The summed E-state index contributed by atoms with van der Waals surface area (Å²) in [5.74, 6) is 0.536. The van der Waals surface area contributed by atoms with Crippen molar-refractivity contribution in [1.82, 2.24) is 10.2 Å². The molecule has 0 aliphatic heterocycles. The highest BCUT2D eigenvalue weighted by Crippen LogP contribution is 2.26. The van der Waals surface area contributed by atoms with Crippen LogP contribution < -0.4 is 5.32 Å². The molecule has 1 amide bonds.